The third kappa shape index (κ3) is 5.49. The maximum Gasteiger partial charge on any atom is 0.0966 e. The molecule has 0 saturated carbocycles. The highest BCUT2D eigenvalue weighted by atomic mass is 35.5. The third-order valence-corrected chi connectivity index (χ3v) is 6.71. The van der Waals surface area contributed by atoms with E-state index in [9.17, 15) is 0 Å². The van der Waals surface area contributed by atoms with E-state index >= 15 is 0 Å². The Morgan fingerprint density at radius 3 is 1.42 bits per heavy atom. The molecule has 186 valence electrons. The number of hydrogen-bond acceptors (Lipinski definition) is 3. The van der Waals surface area contributed by atoms with Crippen molar-refractivity contribution in [1.82, 2.24) is 4.98 Å². The fourth-order valence-corrected chi connectivity index (χ4v) is 4.66. The minimum atomic E-state index is 0.608. The van der Waals surface area contributed by atoms with Crippen molar-refractivity contribution in [2.75, 3.05) is 0 Å². The molecule has 0 N–H and O–H groups in total. The molecule has 0 bridgehead atoms. The van der Waals surface area contributed by atoms with Gasteiger partial charge in [-0.1, -0.05) is 109 Å². The lowest BCUT2D eigenvalue weighted by Gasteiger charge is -2.13. The normalized spacial score (nSPS) is 12.0. The predicted octanol–water partition coefficient (Wildman–Crippen LogP) is 9.00. The van der Waals surface area contributed by atoms with E-state index in [-0.39, 0.29) is 0 Å². The maximum atomic E-state index is 6.58. The van der Waals surface area contributed by atoms with Crippen LogP contribution < -0.4 is 0 Å². The Balaban J connectivity index is 1.72. The Morgan fingerprint density at radius 2 is 0.921 bits per heavy atom. The van der Waals surface area contributed by atoms with Gasteiger partial charge in [0.15, 0.2) is 0 Å². The molecule has 0 fully saturated rings. The molecule has 0 aliphatic heterocycles. The zero-order valence-corrected chi connectivity index (χ0v) is 22.4. The van der Waals surface area contributed by atoms with E-state index in [0.717, 1.165) is 62.0 Å². The van der Waals surface area contributed by atoms with Crippen LogP contribution in [0.5, 0.6) is 0 Å². The van der Waals surface area contributed by atoms with Gasteiger partial charge in [-0.25, -0.2) is 15.0 Å². The molecule has 0 unspecified atom stereocenters. The van der Waals surface area contributed by atoms with Gasteiger partial charge in [0.25, 0.3) is 0 Å². The number of para-hydroxylation sites is 2. The highest BCUT2D eigenvalue weighted by Gasteiger charge is 2.16. The highest BCUT2D eigenvalue weighted by Crippen LogP contribution is 2.30. The van der Waals surface area contributed by atoms with Crippen molar-refractivity contribution in [3.05, 3.63) is 159 Å². The summed E-state index contributed by atoms with van der Waals surface area (Å²) in [6, 6.07) is 38.4. The van der Waals surface area contributed by atoms with Crippen LogP contribution in [-0.2, 0) is 0 Å². The number of rotatable bonds is 6. The molecule has 0 aliphatic carbocycles. The Labute approximate surface area is 229 Å². The number of benzene rings is 4. The summed E-state index contributed by atoms with van der Waals surface area (Å²) >= 11 is 6.58. The molecule has 0 saturated heterocycles. The van der Waals surface area contributed by atoms with Crippen LogP contribution in [0.1, 0.15) is 39.2 Å². The standard InChI is InChI=1S/C34H28ClN3/c1-23-13-10-14-24(2)31(23)37-33(26-16-6-4-7-17-26)29-21-12-22-30(36-29)34(27-18-8-5-9-19-27)38-32-25(3)15-11-20-28(32)35/h4-22H,1-3H3. The van der Waals surface area contributed by atoms with Gasteiger partial charge in [0.05, 0.1) is 39.2 Å². The molecule has 0 spiro atoms. The molecule has 0 aliphatic rings. The van der Waals surface area contributed by atoms with Crippen molar-refractivity contribution in [3.8, 4) is 0 Å². The Bertz CT molecular complexity index is 1480. The van der Waals surface area contributed by atoms with E-state index < -0.39 is 0 Å². The van der Waals surface area contributed by atoms with Crippen molar-refractivity contribution in [2.24, 2.45) is 9.98 Å². The summed E-state index contributed by atoms with van der Waals surface area (Å²) in [5.74, 6) is 0. The first-order valence-corrected chi connectivity index (χ1v) is 13.0. The summed E-state index contributed by atoms with van der Waals surface area (Å²) in [6.45, 7) is 6.19. The Kier molecular flexibility index (Phi) is 7.57. The summed E-state index contributed by atoms with van der Waals surface area (Å²) in [6.07, 6.45) is 0. The third-order valence-electron chi connectivity index (χ3n) is 6.40. The van der Waals surface area contributed by atoms with Crippen LogP contribution in [0.15, 0.2) is 125 Å². The van der Waals surface area contributed by atoms with Gasteiger partial charge < -0.3 is 0 Å². The van der Waals surface area contributed by atoms with E-state index in [1.54, 1.807) is 0 Å². The minimum absolute atomic E-state index is 0.608. The van der Waals surface area contributed by atoms with Gasteiger partial charge in [-0.3, -0.25) is 0 Å². The first-order chi connectivity index (χ1) is 18.5. The number of pyridine rings is 1. The largest absolute Gasteiger partial charge is 0.246 e. The SMILES string of the molecule is Cc1cccc(C)c1N=C(c1ccccc1)c1cccc(C(=Nc2c(C)cccc2Cl)c2ccccc2)n1. The first kappa shape index (κ1) is 25.3. The summed E-state index contributed by atoms with van der Waals surface area (Å²) in [5, 5.41) is 0.608. The molecule has 5 rings (SSSR count). The second-order valence-electron chi connectivity index (χ2n) is 9.21. The van der Waals surface area contributed by atoms with Crippen molar-refractivity contribution >= 4 is 34.4 Å². The monoisotopic (exact) mass is 513 g/mol. The van der Waals surface area contributed by atoms with Gasteiger partial charge in [0, 0.05) is 11.1 Å². The van der Waals surface area contributed by atoms with Gasteiger partial charge in [-0.15, -0.1) is 0 Å². The average molecular weight is 514 g/mol. The molecule has 38 heavy (non-hydrogen) atoms. The molecule has 1 heterocycles. The van der Waals surface area contributed by atoms with Gasteiger partial charge in [0.2, 0.25) is 0 Å². The van der Waals surface area contributed by atoms with Crippen molar-refractivity contribution < 1.29 is 0 Å². The molecule has 1 aromatic heterocycles. The van der Waals surface area contributed by atoms with Crippen LogP contribution in [0.4, 0.5) is 11.4 Å². The zero-order chi connectivity index (χ0) is 26.5. The van der Waals surface area contributed by atoms with Crippen LogP contribution in [0.2, 0.25) is 5.02 Å². The summed E-state index contributed by atoms with van der Waals surface area (Å²) < 4.78 is 0. The second-order valence-corrected chi connectivity index (χ2v) is 9.61. The first-order valence-electron chi connectivity index (χ1n) is 12.6. The van der Waals surface area contributed by atoms with Gasteiger partial charge in [0.1, 0.15) is 0 Å². The number of hydrogen-bond donors (Lipinski definition) is 0. The molecule has 3 nitrogen and oxygen atoms in total. The molecule has 4 aromatic carbocycles. The van der Waals surface area contributed by atoms with Gasteiger partial charge in [-0.05, 0) is 55.7 Å². The van der Waals surface area contributed by atoms with E-state index in [0.29, 0.717) is 5.02 Å². The topological polar surface area (TPSA) is 37.6 Å². The van der Waals surface area contributed by atoms with Crippen LogP contribution in [0.3, 0.4) is 0 Å². The lowest BCUT2D eigenvalue weighted by Crippen LogP contribution is -2.12. The number of aryl methyl sites for hydroxylation is 3. The molecular weight excluding hydrogens is 486 g/mol. The van der Waals surface area contributed by atoms with E-state index in [1.807, 2.05) is 91.9 Å². The summed E-state index contributed by atoms with van der Waals surface area (Å²) in [5.41, 5.74) is 10.00. The average Bonchev–Trinajstić information content (AvgIpc) is 2.94. The fourth-order valence-electron chi connectivity index (χ4n) is 4.40. The molecule has 0 radical (unpaired) electrons. The van der Waals surface area contributed by atoms with Crippen LogP contribution in [0.25, 0.3) is 0 Å². The zero-order valence-electron chi connectivity index (χ0n) is 21.7. The predicted molar refractivity (Wildman–Crippen MR) is 160 cm³/mol. The maximum absolute atomic E-state index is 6.58. The summed E-state index contributed by atoms with van der Waals surface area (Å²) in [7, 11) is 0. The molecule has 0 atom stereocenters. The number of nitrogens with zero attached hydrogens (tertiary/aromatic N) is 3. The summed E-state index contributed by atoms with van der Waals surface area (Å²) in [4.78, 5) is 15.4. The fraction of sp³-hybridized carbons (Fsp3) is 0.0882. The molecule has 0 amide bonds. The Morgan fingerprint density at radius 1 is 0.500 bits per heavy atom. The lowest BCUT2D eigenvalue weighted by molar-refractivity contribution is 1.24. The van der Waals surface area contributed by atoms with Crippen molar-refractivity contribution in [3.63, 3.8) is 0 Å². The van der Waals surface area contributed by atoms with E-state index in [1.165, 1.54) is 0 Å². The molecule has 4 heteroatoms. The van der Waals surface area contributed by atoms with Crippen LogP contribution >= 0.6 is 11.6 Å². The van der Waals surface area contributed by atoms with Crippen molar-refractivity contribution in [1.29, 1.82) is 0 Å². The highest BCUT2D eigenvalue weighted by molar-refractivity contribution is 6.33. The molecular formula is C34H28ClN3. The molecule has 5 aromatic rings. The van der Waals surface area contributed by atoms with Crippen LogP contribution in [-0.4, -0.2) is 16.4 Å². The second kappa shape index (κ2) is 11.4. The van der Waals surface area contributed by atoms with Crippen molar-refractivity contribution in [2.45, 2.75) is 20.8 Å². The van der Waals surface area contributed by atoms with Gasteiger partial charge >= 0.3 is 0 Å². The van der Waals surface area contributed by atoms with E-state index in [4.69, 9.17) is 26.6 Å². The number of aliphatic imine (C=N–C) groups is 2. The van der Waals surface area contributed by atoms with Gasteiger partial charge in [-0.2, -0.15) is 0 Å². The number of halogens is 1. The number of aromatic nitrogens is 1. The lowest BCUT2D eigenvalue weighted by atomic mass is 10.0. The quantitative estimate of drug-likeness (QED) is 0.209. The smallest absolute Gasteiger partial charge is 0.0966 e. The van der Waals surface area contributed by atoms with E-state index in [2.05, 4.69) is 44.2 Å². The van der Waals surface area contributed by atoms with Crippen LogP contribution in [0, 0.1) is 20.8 Å². The minimum Gasteiger partial charge on any atom is -0.246 e. The Hall–Kier alpha value is -4.34.